The summed E-state index contributed by atoms with van der Waals surface area (Å²) in [6.45, 7) is 2.39. The average molecular weight is 402 g/mol. The van der Waals surface area contributed by atoms with Gasteiger partial charge in [-0.2, -0.15) is 5.10 Å². The Labute approximate surface area is 173 Å². The average Bonchev–Trinajstić information content (AvgIpc) is 3.36. The van der Waals surface area contributed by atoms with Crippen molar-refractivity contribution in [2.45, 2.75) is 6.92 Å². The molecule has 4 aromatic rings. The standard InChI is InChI=1S/C22H22N6O2/c1-4-26(2)22(30)20-17(13-27(3)25-20)21(29)23-16-10-11-28-14-18(24-19(28)12-16)15-8-6-5-7-9-15/h5-14H,4H2,1-3H3,(H,23,29). The van der Waals surface area contributed by atoms with Crippen molar-refractivity contribution in [1.29, 1.82) is 0 Å². The van der Waals surface area contributed by atoms with Crippen molar-refractivity contribution in [1.82, 2.24) is 24.1 Å². The Kier molecular flexibility index (Phi) is 5.05. The van der Waals surface area contributed by atoms with Crippen molar-refractivity contribution < 1.29 is 9.59 Å². The van der Waals surface area contributed by atoms with Crippen LogP contribution < -0.4 is 5.32 Å². The molecule has 0 saturated carbocycles. The summed E-state index contributed by atoms with van der Waals surface area (Å²) in [5.41, 5.74) is 3.53. The summed E-state index contributed by atoms with van der Waals surface area (Å²) >= 11 is 0. The molecule has 2 amide bonds. The van der Waals surface area contributed by atoms with Crippen molar-refractivity contribution in [3.05, 3.63) is 72.3 Å². The number of hydrogen-bond acceptors (Lipinski definition) is 4. The van der Waals surface area contributed by atoms with Gasteiger partial charge < -0.3 is 14.6 Å². The van der Waals surface area contributed by atoms with Gasteiger partial charge in [-0.1, -0.05) is 30.3 Å². The van der Waals surface area contributed by atoms with Crippen molar-refractivity contribution in [3.8, 4) is 11.3 Å². The number of amides is 2. The fourth-order valence-electron chi connectivity index (χ4n) is 3.14. The maximum Gasteiger partial charge on any atom is 0.274 e. The zero-order chi connectivity index (χ0) is 21.3. The van der Waals surface area contributed by atoms with Crippen LogP contribution in [0.1, 0.15) is 27.8 Å². The molecular weight excluding hydrogens is 380 g/mol. The van der Waals surface area contributed by atoms with E-state index in [1.165, 1.54) is 9.58 Å². The van der Waals surface area contributed by atoms with Crippen LogP contribution in [0.2, 0.25) is 0 Å². The van der Waals surface area contributed by atoms with Gasteiger partial charge in [0.1, 0.15) is 5.65 Å². The molecule has 0 aliphatic rings. The Balaban J connectivity index is 1.60. The van der Waals surface area contributed by atoms with Crippen molar-refractivity contribution in [2.75, 3.05) is 18.9 Å². The van der Waals surface area contributed by atoms with Crippen molar-refractivity contribution in [3.63, 3.8) is 0 Å². The number of nitrogens with one attached hydrogen (secondary N) is 1. The Morgan fingerprint density at radius 1 is 1.13 bits per heavy atom. The van der Waals surface area contributed by atoms with E-state index in [-0.39, 0.29) is 17.2 Å². The smallest absolute Gasteiger partial charge is 0.274 e. The molecule has 30 heavy (non-hydrogen) atoms. The van der Waals surface area contributed by atoms with Gasteiger partial charge in [-0.25, -0.2) is 4.98 Å². The molecule has 8 nitrogen and oxygen atoms in total. The van der Waals surface area contributed by atoms with E-state index < -0.39 is 5.91 Å². The number of anilines is 1. The first-order valence-corrected chi connectivity index (χ1v) is 9.61. The third-order valence-electron chi connectivity index (χ3n) is 4.88. The van der Waals surface area contributed by atoms with Crippen LogP contribution in [0.5, 0.6) is 0 Å². The number of aryl methyl sites for hydroxylation is 1. The van der Waals surface area contributed by atoms with Crippen molar-refractivity contribution in [2.24, 2.45) is 7.05 Å². The molecule has 152 valence electrons. The molecule has 0 saturated heterocycles. The number of pyridine rings is 1. The molecule has 3 aromatic heterocycles. The molecule has 0 fully saturated rings. The van der Waals surface area contributed by atoms with E-state index in [1.807, 2.05) is 54.0 Å². The minimum Gasteiger partial charge on any atom is -0.341 e. The minimum atomic E-state index is -0.393. The van der Waals surface area contributed by atoms with Crippen LogP contribution in [-0.2, 0) is 7.05 Å². The maximum atomic E-state index is 12.9. The SMILES string of the molecule is CCN(C)C(=O)c1nn(C)cc1C(=O)Nc1ccn2cc(-c3ccccc3)nc2c1. The molecule has 1 N–H and O–H groups in total. The lowest BCUT2D eigenvalue weighted by Gasteiger charge is -2.13. The maximum absolute atomic E-state index is 12.9. The molecule has 4 rings (SSSR count). The lowest BCUT2D eigenvalue weighted by Crippen LogP contribution is -2.28. The van der Waals surface area contributed by atoms with Crippen LogP contribution in [0.25, 0.3) is 16.9 Å². The van der Waals surface area contributed by atoms with Gasteiger partial charge in [0.05, 0.1) is 11.3 Å². The van der Waals surface area contributed by atoms with Crippen molar-refractivity contribution >= 4 is 23.1 Å². The Bertz CT molecular complexity index is 1230. The lowest BCUT2D eigenvalue weighted by molar-refractivity contribution is 0.0791. The third-order valence-corrected chi connectivity index (χ3v) is 4.88. The van der Waals surface area contributed by atoms with E-state index in [0.717, 1.165) is 11.3 Å². The number of carbonyl (C=O) groups is 2. The highest BCUT2D eigenvalue weighted by atomic mass is 16.2. The first-order chi connectivity index (χ1) is 14.5. The van der Waals surface area contributed by atoms with E-state index in [1.54, 1.807) is 32.4 Å². The minimum absolute atomic E-state index is 0.132. The van der Waals surface area contributed by atoms with E-state index in [4.69, 9.17) is 0 Å². The number of rotatable bonds is 5. The monoisotopic (exact) mass is 402 g/mol. The first-order valence-electron chi connectivity index (χ1n) is 9.61. The van der Waals surface area contributed by atoms with Crippen LogP contribution in [0.4, 0.5) is 5.69 Å². The fourth-order valence-corrected chi connectivity index (χ4v) is 3.14. The Morgan fingerprint density at radius 3 is 2.63 bits per heavy atom. The van der Waals surface area contributed by atoms with Crippen LogP contribution in [-0.4, -0.2) is 49.5 Å². The number of fused-ring (bicyclic) bond motifs is 1. The molecule has 0 atom stereocenters. The summed E-state index contributed by atoms with van der Waals surface area (Å²) in [5, 5.41) is 7.03. The highest BCUT2D eigenvalue weighted by Crippen LogP contribution is 2.21. The normalized spacial score (nSPS) is 10.9. The molecule has 0 aliphatic heterocycles. The summed E-state index contributed by atoms with van der Waals surface area (Å²) in [6, 6.07) is 13.5. The molecule has 0 spiro atoms. The quantitative estimate of drug-likeness (QED) is 0.556. The lowest BCUT2D eigenvalue weighted by atomic mass is 10.2. The van der Waals surface area contributed by atoms with Gasteiger partial charge in [0.2, 0.25) is 0 Å². The first kappa shape index (κ1) is 19.4. The van der Waals surface area contributed by atoms with E-state index in [0.29, 0.717) is 17.9 Å². The van der Waals surface area contributed by atoms with Gasteiger partial charge in [-0.05, 0) is 13.0 Å². The second-order valence-corrected chi connectivity index (χ2v) is 7.01. The second-order valence-electron chi connectivity index (χ2n) is 7.01. The molecule has 0 bridgehead atoms. The highest BCUT2D eigenvalue weighted by molar-refractivity contribution is 6.11. The summed E-state index contributed by atoms with van der Waals surface area (Å²) in [5.74, 6) is -0.686. The van der Waals surface area contributed by atoms with Crippen LogP contribution in [0, 0.1) is 0 Å². The number of nitrogens with zero attached hydrogens (tertiary/aromatic N) is 5. The number of benzene rings is 1. The van der Waals surface area contributed by atoms with Gasteiger partial charge in [0, 0.05) is 56.5 Å². The van der Waals surface area contributed by atoms with Gasteiger partial charge in [0.15, 0.2) is 5.69 Å². The van der Waals surface area contributed by atoms with Crippen LogP contribution >= 0.6 is 0 Å². The number of imidazole rings is 1. The van der Waals surface area contributed by atoms with Crippen LogP contribution in [0.3, 0.4) is 0 Å². The molecule has 0 radical (unpaired) electrons. The predicted octanol–water partition coefficient (Wildman–Crippen LogP) is 3.08. The number of carbonyl (C=O) groups excluding carboxylic acids is 2. The van der Waals surface area contributed by atoms with Crippen LogP contribution in [0.15, 0.2) is 61.1 Å². The molecule has 0 aliphatic carbocycles. The number of hydrogen-bond donors (Lipinski definition) is 1. The molecule has 0 unspecified atom stereocenters. The summed E-state index contributed by atoms with van der Waals surface area (Å²) < 4.78 is 3.36. The summed E-state index contributed by atoms with van der Waals surface area (Å²) in [6.07, 6.45) is 5.33. The Morgan fingerprint density at radius 2 is 1.90 bits per heavy atom. The van der Waals surface area contributed by atoms with E-state index >= 15 is 0 Å². The van der Waals surface area contributed by atoms with Gasteiger partial charge >= 0.3 is 0 Å². The largest absolute Gasteiger partial charge is 0.341 e. The molecular formula is C22H22N6O2. The van der Waals surface area contributed by atoms with Gasteiger partial charge in [0.25, 0.3) is 11.8 Å². The Hall–Kier alpha value is -3.94. The highest BCUT2D eigenvalue weighted by Gasteiger charge is 2.23. The zero-order valence-corrected chi connectivity index (χ0v) is 17.0. The van der Waals surface area contributed by atoms with E-state index in [9.17, 15) is 9.59 Å². The second kappa shape index (κ2) is 7.82. The fraction of sp³-hybridized carbons (Fsp3) is 0.182. The van der Waals surface area contributed by atoms with E-state index in [2.05, 4.69) is 15.4 Å². The number of aromatic nitrogens is 4. The molecule has 1 aromatic carbocycles. The zero-order valence-electron chi connectivity index (χ0n) is 17.0. The summed E-state index contributed by atoms with van der Waals surface area (Å²) in [7, 11) is 3.36. The van der Waals surface area contributed by atoms with Gasteiger partial charge in [-0.3, -0.25) is 14.3 Å². The third kappa shape index (κ3) is 3.67. The predicted molar refractivity (Wildman–Crippen MR) is 114 cm³/mol. The summed E-state index contributed by atoms with van der Waals surface area (Å²) in [4.78, 5) is 31.6. The molecule has 3 heterocycles. The molecule has 8 heteroatoms. The topological polar surface area (TPSA) is 84.5 Å². The van der Waals surface area contributed by atoms with Gasteiger partial charge in [-0.15, -0.1) is 0 Å².